The Morgan fingerprint density at radius 1 is 1.15 bits per heavy atom. The third-order valence-corrected chi connectivity index (χ3v) is 6.64. The lowest BCUT2D eigenvalue weighted by molar-refractivity contribution is -0.131. The van der Waals surface area contributed by atoms with E-state index in [1.54, 1.807) is 56.3 Å². The highest BCUT2D eigenvalue weighted by Crippen LogP contribution is 2.41. The minimum Gasteiger partial charge on any atom is -0.497 e. The number of nitrogens with zero attached hydrogens (tertiary/aromatic N) is 2. The lowest BCUT2D eigenvalue weighted by Crippen LogP contribution is -2.03. The summed E-state index contributed by atoms with van der Waals surface area (Å²) < 4.78 is 27.8. The molecule has 3 unspecified atom stereocenters. The van der Waals surface area contributed by atoms with E-state index in [2.05, 4.69) is 9.78 Å². The van der Waals surface area contributed by atoms with E-state index >= 15 is 0 Å². The van der Waals surface area contributed by atoms with Gasteiger partial charge in [-0.2, -0.15) is 0 Å². The Hall–Kier alpha value is -1.95. The van der Waals surface area contributed by atoms with Crippen LogP contribution >= 0.6 is 15.1 Å². The first-order chi connectivity index (χ1) is 12.9. The molecule has 7 nitrogen and oxygen atoms in total. The van der Waals surface area contributed by atoms with Crippen LogP contribution in [0.5, 0.6) is 11.5 Å². The molecule has 142 valence electrons. The van der Waals surface area contributed by atoms with Crippen molar-refractivity contribution >= 4 is 33.1 Å². The van der Waals surface area contributed by atoms with Gasteiger partial charge in [-0.3, -0.25) is 4.52 Å². The van der Waals surface area contributed by atoms with Crippen molar-refractivity contribution in [1.29, 1.82) is 0 Å². The van der Waals surface area contributed by atoms with Gasteiger partial charge in [-0.1, -0.05) is 16.9 Å². The Morgan fingerprint density at radius 2 is 1.74 bits per heavy atom. The number of hydrogen-bond donors (Lipinski definition) is 1. The van der Waals surface area contributed by atoms with E-state index in [1.807, 2.05) is 24.3 Å². The maximum atomic E-state index is 11.5. The second kappa shape index (κ2) is 10.4. The summed E-state index contributed by atoms with van der Waals surface area (Å²) in [4.78, 5) is 0. The molecule has 0 heterocycles. The van der Waals surface area contributed by atoms with Gasteiger partial charge in [0.2, 0.25) is 17.5 Å². The first-order valence-electron chi connectivity index (χ1n) is 7.89. The first kappa shape index (κ1) is 21.4. The van der Waals surface area contributed by atoms with Crippen LogP contribution in [0.15, 0.2) is 53.6 Å². The van der Waals surface area contributed by atoms with Gasteiger partial charge in [0.25, 0.3) is 0 Å². The van der Waals surface area contributed by atoms with E-state index in [0.717, 1.165) is 16.9 Å². The zero-order valence-corrected chi connectivity index (χ0v) is 17.7. The molecule has 10 heteroatoms. The monoisotopic (exact) mass is 426 g/mol. The standard InChI is InChI=1S/C17H19N2O5P2S/c1-13(25(21)24-20)15-6-10-17(11-7-15)23-26(27)19(2)18-12-14-4-8-16(22-3)9-5-14/h4-13H,1-3H3/q+1/p+1/b18-12+. The predicted octanol–water partition coefficient (Wildman–Crippen LogP) is 5.11. The molecule has 0 saturated carbocycles. The van der Waals surface area contributed by atoms with Crippen LogP contribution in [0.25, 0.3) is 0 Å². The molecule has 0 aliphatic carbocycles. The molecule has 0 bridgehead atoms. The Labute approximate surface area is 164 Å². The Bertz CT molecular complexity index is 815. The third-order valence-electron chi connectivity index (χ3n) is 3.67. The van der Waals surface area contributed by atoms with Gasteiger partial charge in [0.1, 0.15) is 5.75 Å². The summed E-state index contributed by atoms with van der Waals surface area (Å²) in [6, 6.07) is 14.5. The summed E-state index contributed by atoms with van der Waals surface area (Å²) in [6.45, 7) is 1.70. The van der Waals surface area contributed by atoms with E-state index in [9.17, 15) is 4.57 Å². The highest BCUT2D eigenvalue weighted by Gasteiger charge is 2.30. The van der Waals surface area contributed by atoms with Crippen molar-refractivity contribution in [2.45, 2.75) is 12.6 Å². The molecule has 2 rings (SSSR count). The average molecular weight is 426 g/mol. The first-order valence-corrected chi connectivity index (χ1v) is 11.4. The van der Waals surface area contributed by atoms with Crippen LogP contribution in [0.3, 0.4) is 0 Å². The molecule has 0 saturated heterocycles. The second-order valence-electron chi connectivity index (χ2n) is 5.45. The number of methoxy groups -OCH3 is 1. The molecule has 0 aromatic heterocycles. The van der Waals surface area contributed by atoms with Crippen molar-refractivity contribution in [3.63, 3.8) is 0 Å². The van der Waals surface area contributed by atoms with Crippen molar-refractivity contribution < 1.29 is 23.8 Å². The summed E-state index contributed by atoms with van der Waals surface area (Å²) in [5.74, 6) is 1.36. The molecule has 3 atom stereocenters. The number of hydrazone groups is 1. The summed E-state index contributed by atoms with van der Waals surface area (Å²) in [6.07, 6.45) is 1.70. The molecule has 27 heavy (non-hydrogen) atoms. The molecular formula is C17H20N2O5P2S+2. The van der Waals surface area contributed by atoms with Crippen LogP contribution in [0.4, 0.5) is 0 Å². The van der Waals surface area contributed by atoms with E-state index in [-0.39, 0.29) is 0 Å². The van der Waals surface area contributed by atoms with Crippen LogP contribution in [0.1, 0.15) is 23.7 Å². The fourth-order valence-electron chi connectivity index (χ4n) is 2.03. The van der Waals surface area contributed by atoms with Crippen molar-refractivity contribution in [3.05, 3.63) is 59.7 Å². The Balaban J connectivity index is 1.95. The van der Waals surface area contributed by atoms with E-state index in [0.29, 0.717) is 5.75 Å². The molecule has 2 aromatic carbocycles. The summed E-state index contributed by atoms with van der Waals surface area (Å²) in [5, 5.41) is 12.8. The quantitative estimate of drug-likeness (QED) is 0.258. The summed E-state index contributed by atoms with van der Waals surface area (Å²) >= 11 is 5.38. The predicted molar refractivity (Wildman–Crippen MR) is 109 cm³/mol. The van der Waals surface area contributed by atoms with Crippen molar-refractivity contribution in [3.8, 4) is 11.5 Å². The zero-order valence-electron chi connectivity index (χ0n) is 15.1. The van der Waals surface area contributed by atoms with E-state index < -0.39 is 20.8 Å². The Morgan fingerprint density at radius 3 is 2.30 bits per heavy atom. The van der Waals surface area contributed by atoms with Gasteiger partial charge in [0.05, 0.1) is 20.4 Å². The molecule has 0 amide bonds. The van der Waals surface area contributed by atoms with Crippen LogP contribution < -0.4 is 9.26 Å². The van der Waals surface area contributed by atoms with Crippen molar-refractivity contribution in [2.24, 2.45) is 5.10 Å². The van der Waals surface area contributed by atoms with Crippen molar-refractivity contribution in [2.75, 3.05) is 14.2 Å². The molecule has 0 aliphatic rings. The minimum atomic E-state index is -2.17. The topological polar surface area (TPSA) is 80.6 Å². The largest absolute Gasteiger partial charge is 0.546 e. The zero-order chi connectivity index (χ0) is 19.8. The molecule has 0 aliphatic heterocycles. The number of benzene rings is 2. The highest BCUT2D eigenvalue weighted by atomic mass is 32.4. The summed E-state index contributed by atoms with van der Waals surface area (Å²) in [7, 11) is -0.197. The molecular weight excluding hydrogens is 406 g/mol. The van der Waals surface area contributed by atoms with Gasteiger partial charge in [0.15, 0.2) is 5.75 Å². The molecule has 2 aromatic rings. The lowest BCUT2D eigenvalue weighted by atomic mass is 10.2. The highest BCUT2D eigenvalue weighted by molar-refractivity contribution is 8.02. The van der Waals surface area contributed by atoms with Gasteiger partial charge >= 0.3 is 15.1 Å². The number of hydrogen-bond acceptors (Lipinski definition) is 7. The van der Waals surface area contributed by atoms with Gasteiger partial charge in [-0.15, -0.1) is 5.10 Å². The molecule has 1 N–H and O–H groups in total. The van der Waals surface area contributed by atoms with Crippen LogP contribution in [-0.4, -0.2) is 30.4 Å². The maximum absolute atomic E-state index is 11.5. The van der Waals surface area contributed by atoms with Gasteiger partial charge < -0.3 is 4.74 Å². The number of rotatable bonds is 9. The molecule has 0 radical (unpaired) electrons. The van der Waals surface area contributed by atoms with Crippen LogP contribution in [0, 0.1) is 0 Å². The van der Waals surface area contributed by atoms with Crippen LogP contribution in [0.2, 0.25) is 0 Å². The molecule has 0 spiro atoms. The van der Waals surface area contributed by atoms with Gasteiger partial charge in [-0.25, -0.2) is 5.26 Å². The van der Waals surface area contributed by atoms with Gasteiger partial charge in [-0.05, 0) is 53.5 Å². The van der Waals surface area contributed by atoms with Crippen LogP contribution in [-0.2, 0) is 21.0 Å². The minimum absolute atomic E-state index is 0.430. The van der Waals surface area contributed by atoms with Gasteiger partial charge in [0, 0.05) is 10.2 Å². The molecule has 0 fully saturated rings. The second-order valence-corrected chi connectivity index (χ2v) is 9.13. The van der Waals surface area contributed by atoms with E-state index in [4.69, 9.17) is 26.3 Å². The lowest BCUT2D eigenvalue weighted by Gasteiger charge is -2.04. The average Bonchev–Trinajstić information content (AvgIpc) is 2.71. The number of ether oxygens (including phenoxy) is 1. The normalized spacial score (nSPS) is 13.2. The smallest absolute Gasteiger partial charge is 0.497 e. The maximum Gasteiger partial charge on any atom is 0.546 e. The Kier molecular flexibility index (Phi) is 8.23. The van der Waals surface area contributed by atoms with Crippen molar-refractivity contribution in [1.82, 2.24) is 4.78 Å². The SMILES string of the molecule is COc1ccc(/C=N/N(C)[P+](=S)Oc2ccc(C(C)[P+](=O)OO)cc2)cc1. The third kappa shape index (κ3) is 6.31. The van der Waals surface area contributed by atoms with E-state index in [1.165, 1.54) is 0 Å². The summed E-state index contributed by atoms with van der Waals surface area (Å²) in [5.41, 5.74) is 1.25. The fourth-order valence-corrected chi connectivity index (χ4v) is 3.53. The fraction of sp³-hybridized carbons (Fsp3) is 0.235.